The van der Waals surface area contributed by atoms with Crippen LogP contribution in [0.15, 0.2) is 6.07 Å². The predicted molar refractivity (Wildman–Crippen MR) is 52.4 cm³/mol. The van der Waals surface area contributed by atoms with Gasteiger partial charge in [0.25, 0.3) is 0 Å². The number of nitrogens with two attached hydrogens (primary N) is 1. The van der Waals surface area contributed by atoms with Crippen molar-refractivity contribution in [1.82, 2.24) is 24.8 Å². The van der Waals surface area contributed by atoms with Gasteiger partial charge in [-0.15, -0.1) is 5.10 Å². The predicted octanol–water partition coefficient (Wildman–Crippen LogP) is 0.106. The number of rotatable bonds is 1. The first-order valence-electron chi connectivity index (χ1n) is 4.25. The van der Waals surface area contributed by atoms with E-state index in [1.807, 2.05) is 14.0 Å². The van der Waals surface area contributed by atoms with Crippen molar-refractivity contribution in [3.05, 3.63) is 11.8 Å². The van der Waals surface area contributed by atoms with E-state index in [0.717, 1.165) is 17.1 Å². The van der Waals surface area contributed by atoms with E-state index in [-0.39, 0.29) is 0 Å². The molecule has 0 unspecified atom stereocenters. The van der Waals surface area contributed by atoms with E-state index < -0.39 is 0 Å². The fourth-order valence-corrected chi connectivity index (χ4v) is 1.24. The first kappa shape index (κ1) is 8.74. The van der Waals surface area contributed by atoms with Gasteiger partial charge < -0.3 is 5.73 Å². The molecule has 2 aromatic rings. The second kappa shape index (κ2) is 2.83. The molecule has 0 aromatic carbocycles. The normalized spacial score (nSPS) is 10.8. The van der Waals surface area contributed by atoms with Crippen molar-refractivity contribution in [3.63, 3.8) is 0 Å². The van der Waals surface area contributed by atoms with Crippen molar-refractivity contribution in [1.29, 1.82) is 0 Å². The standard InChI is InChI=1S/C8H12N6/c1-5-8(10-12-13(5)2)6-4-7(9)14(3)11-6/h4H,9H2,1-3H3. The molecule has 6 nitrogen and oxygen atoms in total. The van der Waals surface area contributed by atoms with Crippen LogP contribution >= 0.6 is 0 Å². The number of hydrogen-bond acceptors (Lipinski definition) is 4. The lowest BCUT2D eigenvalue weighted by Gasteiger charge is -1.92. The Morgan fingerprint density at radius 1 is 1.29 bits per heavy atom. The van der Waals surface area contributed by atoms with Crippen molar-refractivity contribution in [2.45, 2.75) is 6.92 Å². The number of aromatic nitrogens is 5. The van der Waals surface area contributed by atoms with Crippen LogP contribution in [0.3, 0.4) is 0 Å². The Balaban J connectivity index is 2.54. The fourth-order valence-electron chi connectivity index (χ4n) is 1.24. The van der Waals surface area contributed by atoms with E-state index in [0.29, 0.717) is 5.82 Å². The average molecular weight is 192 g/mol. The summed E-state index contributed by atoms with van der Waals surface area (Å²) in [4.78, 5) is 0. The Morgan fingerprint density at radius 3 is 2.43 bits per heavy atom. The Hall–Kier alpha value is -1.85. The van der Waals surface area contributed by atoms with Crippen LogP contribution in [0, 0.1) is 6.92 Å². The molecule has 0 aliphatic heterocycles. The molecule has 14 heavy (non-hydrogen) atoms. The first-order chi connectivity index (χ1) is 6.59. The molecule has 6 heteroatoms. The van der Waals surface area contributed by atoms with Crippen molar-refractivity contribution in [2.75, 3.05) is 5.73 Å². The number of nitrogen functional groups attached to an aromatic ring is 1. The largest absolute Gasteiger partial charge is 0.384 e. The molecule has 0 fully saturated rings. The molecule has 0 aliphatic carbocycles. The van der Waals surface area contributed by atoms with Gasteiger partial charge in [-0.1, -0.05) is 5.21 Å². The molecule has 0 atom stereocenters. The van der Waals surface area contributed by atoms with Crippen LogP contribution < -0.4 is 5.73 Å². The minimum atomic E-state index is 0.616. The molecule has 74 valence electrons. The highest BCUT2D eigenvalue weighted by Crippen LogP contribution is 2.19. The van der Waals surface area contributed by atoms with Crippen molar-refractivity contribution >= 4 is 5.82 Å². The Kier molecular flexibility index (Phi) is 1.77. The number of hydrogen-bond donors (Lipinski definition) is 1. The molecule has 2 rings (SSSR count). The first-order valence-corrected chi connectivity index (χ1v) is 4.25. The zero-order valence-electron chi connectivity index (χ0n) is 8.39. The Labute approximate surface area is 81.3 Å². The summed E-state index contributed by atoms with van der Waals surface area (Å²) in [6.07, 6.45) is 0. The summed E-state index contributed by atoms with van der Waals surface area (Å²) in [6.45, 7) is 1.94. The summed E-state index contributed by atoms with van der Waals surface area (Å²) >= 11 is 0. The lowest BCUT2D eigenvalue weighted by Crippen LogP contribution is -1.96. The van der Waals surface area contributed by atoms with E-state index in [4.69, 9.17) is 5.73 Å². The van der Waals surface area contributed by atoms with Gasteiger partial charge in [-0.25, -0.2) is 0 Å². The maximum Gasteiger partial charge on any atom is 0.136 e. The average Bonchev–Trinajstić information content (AvgIpc) is 2.61. The molecule has 0 saturated carbocycles. The van der Waals surface area contributed by atoms with E-state index in [1.165, 1.54) is 0 Å². The third-order valence-corrected chi connectivity index (χ3v) is 2.27. The van der Waals surface area contributed by atoms with Crippen molar-refractivity contribution < 1.29 is 0 Å². The van der Waals surface area contributed by atoms with Gasteiger partial charge in [0.05, 0.1) is 5.69 Å². The highest BCUT2D eigenvalue weighted by Gasteiger charge is 2.12. The molecule has 0 radical (unpaired) electrons. The molecule has 0 bridgehead atoms. The van der Waals surface area contributed by atoms with Gasteiger partial charge in [-0.3, -0.25) is 9.36 Å². The molecule has 0 saturated heterocycles. The molecule has 0 aliphatic rings. The molecular formula is C8H12N6. The van der Waals surface area contributed by atoms with Crippen LogP contribution in [0.2, 0.25) is 0 Å². The quantitative estimate of drug-likeness (QED) is 0.695. The lowest BCUT2D eigenvalue weighted by molar-refractivity contribution is 0.696. The van der Waals surface area contributed by atoms with Crippen molar-refractivity contribution in [2.24, 2.45) is 14.1 Å². The molecular weight excluding hydrogens is 180 g/mol. The van der Waals surface area contributed by atoms with Gasteiger partial charge in [0.1, 0.15) is 17.2 Å². The van der Waals surface area contributed by atoms with Gasteiger partial charge in [-0.05, 0) is 6.92 Å². The topological polar surface area (TPSA) is 74.6 Å². The summed E-state index contributed by atoms with van der Waals surface area (Å²) in [5.74, 6) is 0.616. The summed E-state index contributed by atoms with van der Waals surface area (Å²) < 4.78 is 3.32. The summed E-state index contributed by atoms with van der Waals surface area (Å²) in [7, 11) is 3.64. The minimum Gasteiger partial charge on any atom is -0.384 e. The molecule has 2 N–H and O–H groups in total. The molecule has 2 aromatic heterocycles. The lowest BCUT2D eigenvalue weighted by atomic mass is 10.2. The van der Waals surface area contributed by atoms with E-state index in [2.05, 4.69) is 15.4 Å². The number of aryl methyl sites for hydroxylation is 2. The Bertz CT molecular complexity index is 447. The van der Waals surface area contributed by atoms with E-state index >= 15 is 0 Å². The summed E-state index contributed by atoms with van der Waals surface area (Å²) in [5, 5.41) is 12.2. The smallest absolute Gasteiger partial charge is 0.136 e. The van der Waals surface area contributed by atoms with Crippen LogP contribution in [0.1, 0.15) is 5.69 Å². The van der Waals surface area contributed by atoms with Crippen LogP contribution in [-0.4, -0.2) is 24.8 Å². The molecule has 2 heterocycles. The third kappa shape index (κ3) is 1.15. The van der Waals surface area contributed by atoms with Crippen molar-refractivity contribution in [3.8, 4) is 11.4 Å². The van der Waals surface area contributed by atoms with E-state index in [1.54, 1.807) is 22.5 Å². The highest BCUT2D eigenvalue weighted by atomic mass is 15.4. The minimum absolute atomic E-state index is 0.616. The van der Waals surface area contributed by atoms with Crippen LogP contribution in [0.5, 0.6) is 0 Å². The monoisotopic (exact) mass is 192 g/mol. The van der Waals surface area contributed by atoms with Crippen LogP contribution in [0.4, 0.5) is 5.82 Å². The second-order valence-electron chi connectivity index (χ2n) is 3.23. The third-order valence-electron chi connectivity index (χ3n) is 2.27. The molecule has 0 amide bonds. The van der Waals surface area contributed by atoms with Crippen LogP contribution in [-0.2, 0) is 14.1 Å². The van der Waals surface area contributed by atoms with E-state index in [9.17, 15) is 0 Å². The highest BCUT2D eigenvalue weighted by molar-refractivity contribution is 5.59. The maximum absolute atomic E-state index is 5.68. The van der Waals surface area contributed by atoms with Gasteiger partial charge >= 0.3 is 0 Å². The van der Waals surface area contributed by atoms with Gasteiger partial charge in [-0.2, -0.15) is 5.10 Å². The zero-order chi connectivity index (χ0) is 10.3. The van der Waals surface area contributed by atoms with Gasteiger partial charge in [0.15, 0.2) is 0 Å². The molecule has 0 spiro atoms. The Morgan fingerprint density at radius 2 is 2.00 bits per heavy atom. The number of anilines is 1. The van der Waals surface area contributed by atoms with Gasteiger partial charge in [0.2, 0.25) is 0 Å². The number of nitrogens with zero attached hydrogens (tertiary/aromatic N) is 5. The SMILES string of the molecule is Cc1c(-c2cc(N)n(C)n2)nnn1C. The maximum atomic E-state index is 5.68. The van der Waals surface area contributed by atoms with Gasteiger partial charge in [0, 0.05) is 20.2 Å². The summed E-state index contributed by atoms with van der Waals surface area (Å²) in [5.41, 5.74) is 8.19. The second-order valence-corrected chi connectivity index (χ2v) is 3.23. The fraction of sp³-hybridized carbons (Fsp3) is 0.375. The zero-order valence-corrected chi connectivity index (χ0v) is 8.39. The summed E-state index contributed by atoms with van der Waals surface area (Å²) in [6, 6.07) is 1.79. The van der Waals surface area contributed by atoms with Crippen LogP contribution in [0.25, 0.3) is 11.4 Å².